The maximum atomic E-state index is 11.1. The lowest BCUT2D eigenvalue weighted by atomic mass is 10.0. The molecule has 0 saturated heterocycles. The van der Waals surface area contributed by atoms with Crippen LogP contribution in [0.25, 0.3) is 0 Å². The second-order valence-corrected chi connectivity index (χ2v) is 5.42. The predicted molar refractivity (Wildman–Crippen MR) is 55.1 cm³/mol. The number of carbonyl (C=O) groups excluding carboxylic acids is 1. The Balaban J connectivity index is 3.87. The number of hydrogen-bond acceptors (Lipinski definition) is 5. The third-order valence-electron chi connectivity index (χ3n) is 1.45. The molecule has 0 atom stereocenters. The minimum atomic E-state index is -4.09. The first-order chi connectivity index (χ1) is 6.66. The van der Waals surface area contributed by atoms with Crippen LogP contribution in [-0.2, 0) is 19.6 Å². The molecular formula is C7H14ClNO5S. The molecule has 0 aliphatic heterocycles. The van der Waals surface area contributed by atoms with Crippen LogP contribution in [0.1, 0.15) is 20.3 Å². The maximum Gasteiger partial charge on any atom is 0.307 e. The van der Waals surface area contributed by atoms with Gasteiger partial charge in [0.25, 0.3) is 10.1 Å². The first-order valence-electron chi connectivity index (χ1n) is 4.15. The highest BCUT2D eigenvalue weighted by Gasteiger charge is 2.21. The third kappa shape index (κ3) is 8.61. The Hall–Kier alpha value is -0.370. The van der Waals surface area contributed by atoms with E-state index in [2.05, 4.69) is 9.57 Å². The van der Waals surface area contributed by atoms with Crippen LogP contribution in [0.4, 0.5) is 0 Å². The summed E-state index contributed by atoms with van der Waals surface area (Å²) in [5, 5.41) is 0. The van der Waals surface area contributed by atoms with Crippen molar-refractivity contribution in [3.63, 3.8) is 0 Å². The third-order valence-corrected chi connectivity index (χ3v) is 2.64. The van der Waals surface area contributed by atoms with Gasteiger partial charge in [-0.25, -0.2) is 4.84 Å². The molecule has 0 aliphatic rings. The summed E-state index contributed by atoms with van der Waals surface area (Å²) in [5.41, 5.74) is -0.628. The molecule has 2 N–H and O–H groups in total. The number of carbonyl (C=O) groups is 1. The monoisotopic (exact) mass is 259 g/mol. The average Bonchev–Trinajstić information content (AvgIpc) is 2.00. The highest BCUT2D eigenvalue weighted by molar-refractivity contribution is 7.85. The molecule has 0 aromatic carbocycles. The van der Waals surface area contributed by atoms with Gasteiger partial charge in [0.05, 0.1) is 6.42 Å². The molecule has 0 saturated carbocycles. The summed E-state index contributed by atoms with van der Waals surface area (Å²) in [7, 11) is -4.09. The van der Waals surface area contributed by atoms with Gasteiger partial charge in [-0.1, -0.05) is 0 Å². The minimum absolute atomic E-state index is 0.00196. The molecule has 0 radical (unpaired) electrons. The normalized spacial score (nSPS) is 12.5. The van der Waals surface area contributed by atoms with Crippen molar-refractivity contribution in [3.8, 4) is 0 Å². The smallest absolute Gasteiger partial charge is 0.307 e. The van der Waals surface area contributed by atoms with E-state index in [-0.39, 0.29) is 13.0 Å². The Morgan fingerprint density at radius 1 is 1.53 bits per heavy atom. The van der Waals surface area contributed by atoms with Gasteiger partial charge in [-0.3, -0.25) is 9.35 Å². The fourth-order valence-corrected chi connectivity index (χ4v) is 1.07. The lowest BCUT2D eigenvalue weighted by Crippen LogP contribution is -2.36. The molecule has 0 heterocycles. The van der Waals surface area contributed by atoms with E-state index in [0.29, 0.717) is 0 Å². The molecule has 90 valence electrons. The van der Waals surface area contributed by atoms with Crippen molar-refractivity contribution in [2.45, 2.75) is 25.8 Å². The molecule has 0 aromatic heterocycles. The summed E-state index contributed by atoms with van der Waals surface area (Å²) in [5.74, 6) is -1.19. The van der Waals surface area contributed by atoms with Gasteiger partial charge < -0.3 is 4.74 Å². The Morgan fingerprint density at radius 3 is 2.47 bits per heavy atom. The summed E-state index contributed by atoms with van der Waals surface area (Å²) < 4.78 is 33.5. The van der Waals surface area contributed by atoms with Crippen molar-refractivity contribution in [1.82, 2.24) is 4.84 Å². The minimum Gasteiger partial charge on any atom is -0.464 e. The van der Waals surface area contributed by atoms with E-state index in [0.717, 1.165) is 0 Å². The van der Waals surface area contributed by atoms with E-state index in [1.165, 1.54) is 0 Å². The lowest BCUT2D eigenvalue weighted by Gasteiger charge is -2.20. The largest absolute Gasteiger partial charge is 0.464 e. The van der Waals surface area contributed by atoms with Crippen LogP contribution < -0.4 is 4.84 Å². The van der Waals surface area contributed by atoms with E-state index < -0.39 is 27.4 Å². The molecule has 0 aromatic rings. The molecule has 8 heteroatoms. The van der Waals surface area contributed by atoms with Crippen molar-refractivity contribution >= 4 is 27.9 Å². The number of nitrogens with one attached hydrogen (secondary N) is 1. The summed E-state index contributed by atoms with van der Waals surface area (Å²) in [6, 6.07) is 0. The lowest BCUT2D eigenvalue weighted by molar-refractivity contribution is -0.144. The molecule has 0 bridgehead atoms. The van der Waals surface area contributed by atoms with Gasteiger partial charge in [-0.2, -0.15) is 8.42 Å². The van der Waals surface area contributed by atoms with E-state index in [1.807, 2.05) is 0 Å². The van der Waals surface area contributed by atoms with Crippen molar-refractivity contribution < 1.29 is 22.5 Å². The van der Waals surface area contributed by atoms with Crippen molar-refractivity contribution in [2.24, 2.45) is 0 Å². The van der Waals surface area contributed by atoms with Crippen molar-refractivity contribution in [3.05, 3.63) is 0 Å². The zero-order valence-electron chi connectivity index (χ0n) is 8.49. The molecule has 6 nitrogen and oxygen atoms in total. The van der Waals surface area contributed by atoms with Crippen LogP contribution in [0, 0.1) is 0 Å². The van der Waals surface area contributed by atoms with Crippen LogP contribution in [0.2, 0.25) is 0 Å². The molecule has 0 rings (SSSR count). The van der Waals surface area contributed by atoms with E-state index in [4.69, 9.17) is 16.3 Å². The van der Waals surface area contributed by atoms with Crippen LogP contribution in [0.15, 0.2) is 0 Å². The number of hydrogen-bond donors (Lipinski definition) is 2. The van der Waals surface area contributed by atoms with Gasteiger partial charge in [-0.05, 0) is 25.6 Å². The summed E-state index contributed by atoms with van der Waals surface area (Å²) in [6.07, 6.45) is 0.00196. The molecule has 0 amide bonds. The average molecular weight is 260 g/mol. The predicted octanol–water partition coefficient (Wildman–Crippen LogP) is 0.330. The van der Waals surface area contributed by atoms with Gasteiger partial charge in [0.15, 0.2) is 0 Å². The van der Waals surface area contributed by atoms with Gasteiger partial charge in [0.1, 0.15) is 12.4 Å². The van der Waals surface area contributed by atoms with Gasteiger partial charge in [-0.15, -0.1) is 0 Å². The summed E-state index contributed by atoms with van der Waals surface area (Å²) >= 11 is 5.35. The number of halogens is 1. The highest BCUT2D eigenvalue weighted by Crippen LogP contribution is 2.09. The summed E-state index contributed by atoms with van der Waals surface area (Å²) in [4.78, 5) is 13.5. The Kier molecular flexibility index (Phi) is 5.50. The molecule has 15 heavy (non-hydrogen) atoms. The Bertz CT molecular complexity index is 313. The van der Waals surface area contributed by atoms with Crippen molar-refractivity contribution in [2.75, 3.05) is 12.4 Å². The van der Waals surface area contributed by atoms with Crippen LogP contribution >= 0.6 is 11.8 Å². The maximum absolute atomic E-state index is 11.1. The number of esters is 1. The molecule has 0 fully saturated rings. The molecule has 0 unspecified atom stereocenters. The first-order valence-corrected chi connectivity index (χ1v) is 6.13. The van der Waals surface area contributed by atoms with Crippen LogP contribution in [0.3, 0.4) is 0 Å². The quantitative estimate of drug-likeness (QED) is 0.406. The highest BCUT2D eigenvalue weighted by atomic mass is 35.5. The zero-order valence-corrected chi connectivity index (χ0v) is 10.1. The van der Waals surface area contributed by atoms with Gasteiger partial charge >= 0.3 is 5.97 Å². The van der Waals surface area contributed by atoms with Crippen LogP contribution in [0.5, 0.6) is 0 Å². The first kappa shape index (κ1) is 14.6. The van der Waals surface area contributed by atoms with Gasteiger partial charge in [0, 0.05) is 5.54 Å². The second-order valence-electron chi connectivity index (χ2n) is 3.66. The summed E-state index contributed by atoms with van der Waals surface area (Å²) in [6.45, 7) is 3.00. The van der Waals surface area contributed by atoms with E-state index in [1.54, 1.807) is 13.8 Å². The topological polar surface area (TPSA) is 92.7 Å². The van der Waals surface area contributed by atoms with Crippen molar-refractivity contribution in [1.29, 1.82) is 0 Å². The number of ether oxygens (including phenoxy) is 1. The molecule has 0 spiro atoms. The Labute approximate surface area is 93.8 Å². The second kappa shape index (κ2) is 5.64. The molecule has 0 aliphatic carbocycles. The number of rotatable bonds is 6. The van der Waals surface area contributed by atoms with E-state index >= 15 is 0 Å². The van der Waals surface area contributed by atoms with E-state index in [9.17, 15) is 13.2 Å². The zero-order chi connectivity index (χ0) is 12.1. The van der Waals surface area contributed by atoms with Crippen LogP contribution in [-0.4, -0.2) is 36.8 Å². The Morgan fingerprint density at radius 2 is 2.07 bits per heavy atom. The standard InChI is InChI=1S/C7H14ClNO5S/c1-7(2,9-8)5-6(10)14-3-4-15(11,12)13/h9H,3-5H2,1-2H3,(H,11,12,13). The molecular weight excluding hydrogens is 246 g/mol. The fraction of sp³-hybridized carbons (Fsp3) is 0.857. The van der Waals surface area contributed by atoms with Gasteiger partial charge in [0.2, 0.25) is 0 Å². The SMILES string of the molecule is CC(C)(CC(=O)OCCS(=O)(=O)O)NCl. The fourth-order valence-electron chi connectivity index (χ4n) is 0.706.